The lowest BCUT2D eigenvalue weighted by molar-refractivity contribution is 0.204. The predicted octanol–water partition coefficient (Wildman–Crippen LogP) is 0.136. The van der Waals surface area contributed by atoms with Crippen molar-refractivity contribution in [1.29, 1.82) is 0 Å². The molecule has 0 bridgehead atoms. The Morgan fingerprint density at radius 2 is 2.25 bits per heavy atom. The van der Waals surface area contributed by atoms with Crippen LogP contribution < -0.4 is 4.72 Å². The maximum absolute atomic E-state index is 11.7. The van der Waals surface area contributed by atoms with Crippen molar-refractivity contribution in [3.8, 4) is 0 Å². The number of aromatic nitrogens is 2. The molecule has 1 aromatic rings. The Bertz CT molecular complexity index is 439. The second-order valence-electron chi connectivity index (χ2n) is 3.30. The minimum atomic E-state index is -3.51. The molecule has 1 rings (SSSR count). The molecule has 0 aliphatic carbocycles. The maximum Gasteiger partial charge on any atom is 0.259 e. The Kier molecular flexibility index (Phi) is 4.45. The fourth-order valence-electron chi connectivity index (χ4n) is 1.28. The third-order valence-electron chi connectivity index (χ3n) is 2.17. The van der Waals surface area contributed by atoms with Gasteiger partial charge in [-0.3, -0.25) is 0 Å². The summed E-state index contributed by atoms with van der Waals surface area (Å²) < 4.78 is 32.5. The average molecular weight is 247 g/mol. The summed E-state index contributed by atoms with van der Waals surface area (Å²) in [6, 6.07) is 0. The lowest BCUT2D eigenvalue weighted by atomic mass is 10.6. The fraction of sp³-hybridized carbons (Fsp3) is 0.667. The number of hydrogen-bond acceptors (Lipinski definition) is 4. The molecule has 0 fully saturated rings. The fourth-order valence-corrected chi connectivity index (χ4v) is 2.30. The van der Waals surface area contributed by atoms with Crippen LogP contribution in [0.3, 0.4) is 0 Å². The summed E-state index contributed by atoms with van der Waals surface area (Å²) >= 11 is 0. The summed E-state index contributed by atoms with van der Waals surface area (Å²) in [7, 11) is -1.99. The molecule has 0 amide bonds. The number of aryl methyl sites for hydroxylation is 2. The number of imidazole rings is 1. The van der Waals surface area contributed by atoms with Gasteiger partial charge in [0.25, 0.3) is 10.0 Å². The molecule has 0 atom stereocenters. The topological polar surface area (TPSA) is 73.2 Å². The lowest BCUT2D eigenvalue weighted by Crippen LogP contribution is -2.27. The molecular weight excluding hydrogens is 230 g/mol. The first-order valence-corrected chi connectivity index (χ1v) is 6.52. The van der Waals surface area contributed by atoms with Crippen LogP contribution in [0, 0.1) is 6.92 Å². The smallest absolute Gasteiger partial charge is 0.259 e. The summed E-state index contributed by atoms with van der Waals surface area (Å²) in [6.45, 7) is 5.00. The lowest BCUT2D eigenvalue weighted by Gasteiger charge is -2.02. The van der Waals surface area contributed by atoms with Crippen LogP contribution in [-0.4, -0.2) is 38.2 Å². The number of rotatable bonds is 6. The Hall–Kier alpha value is -0.920. The zero-order valence-corrected chi connectivity index (χ0v) is 10.5. The van der Waals surface area contributed by atoms with Gasteiger partial charge in [-0.25, -0.2) is 18.1 Å². The first kappa shape index (κ1) is 13.1. The summed E-state index contributed by atoms with van der Waals surface area (Å²) in [5, 5.41) is 0.0583. The van der Waals surface area contributed by atoms with Gasteiger partial charge in [-0.15, -0.1) is 0 Å². The molecule has 0 spiro atoms. The van der Waals surface area contributed by atoms with Crippen LogP contribution >= 0.6 is 0 Å². The molecule has 1 N–H and O–H groups in total. The quantitative estimate of drug-likeness (QED) is 0.725. The largest absolute Gasteiger partial charge is 0.383 e. The van der Waals surface area contributed by atoms with Crippen LogP contribution in [0.25, 0.3) is 0 Å². The Labute approximate surface area is 95.7 Å². The van der Waals surface area contributed by atoms with Crippen molar-refractivity contribution in [2.45, 2.75) is 25.4 Å². The van der Waals surface area contributed by atoms with Crippen LogP contribution in [0.2, 0.25) is 0 Å². The van der Waals surface area contributed by atoms with Gasteiger partial charge in [-0.1, -0.05) is 0 Å². The first-order chi connectivity index (χ1) is 7.51. The average Bonchev–Trinajstić information content (AvgIpc) is 2.60. The van der Waals surface area contributed by atoms with Crippen LogP contribution in [0.15, 0.2) is 11.2 Å². The molecule has 0 radical (unpaired) electrons. The van der Waals surface area contributed by atoms with E-state index in [0.717, 1.165) is 0 Å². The zero-order valence-electron chi connectivity index (χ0n) is 9.73. The molecule has 0 unspecified atom stereocenters. The summed E-state index contributed by atoms with van der Waals surface area (Å²) in [5.74, 6) is 0.689. The Morgan fingerprint density at radius 1 is 1.56 bits per heavy atom. The van der Waals surface area contributed by atoms with Gasteiger partial charge in [0.1, 0.15) is 5.82 Å². The van der Waals surface area contributed by atoms with Crippen molar-refractivity contribution >= 4 is 10.0 Å². The van der Waals surface area contributed by atoms with E-state index in [9.17, 15) is 8.42 Å². The maximum atomic E-state index is 11.7. The SMILES string of the molecule is CCn1cc(S(=O)(=O)NCCOC)nc1C. The minimum Gasteiger partial charge on any atom is -0.383 e. The van der Waals surface area contributed by atoms with Crippen LogP contribution in [0.5, 0.6) is 0 Å². The molecule has 7 heteroatoms. The molecule has 0 aliphatic rings. The van der Waals surface area contributed by atoms with E-state index < -0.39 is 10.0 Å². The van der Waals surface area contributed by atoms with Crippen LogP contribution in [0.1, 0.15) is 12.7 Å². The zero-order chi connectivity index (χ0) is 12.2. The molecule has 0 saturated carbocycles. The van der Waals surface area contributed by atoms with Gasteiger partial charge in [-0.2, -0.15) is 0 Å². The van der Waals surface area contributed by atoms with Gasteiger partial charge in [0.15, 0.2) is 5.03 Å². The normalized spacial score (nSPS) is 11.9. The second kappa shape index (κ2) is 5.42. The van der Waals surface area contributed by atoms with Crippen molar-refractivity contribution in [3.63, 3.8) is 0 Å². The first-order valence-electron chi connectivity index (χ1n) is 5.03. The third-order valence-corrected chi connectivity index (χ3v) is 3.50. The van der Waals surface area contributed by atoms with Gasteiger partial charge < -0.3 is 9.30 Å². The highest BCUT2D eigenvalue weighted by molar-refractivity contribution is 7.89. The number of sulfonamides is 1. The summed E-state index contributed by atoms with van der Waals surface area (Å²) in [5.41, 5.74) is 0. The van der Waals surface area contributed by atoms with E-state index in [4.69, 9.17) is 4.74 Å². The number of hydrogen-bond donors (Lipinski definition) is 1. The highest BCUT2D eigenvalue weighted by atomic mass is 32.2. The molecule has 6 nitrogen and oxygen atoms in total. The van der Waals surface area contributed by atoms with E-state index in [1.165, 1.54) is 13.3 Å². The molecular formula is C9H17N3O3S. The molecule has 1 heterocycles. The van der Waals surface area contributed by atoms with E-state index in [2.05, 4.69) is 9.71 Å². The van der Waals surface area contributed by atoms with Crippen molar-refractivity contribution < 1.29 is 13.2 Å². The molecule has 16 heavy (non-hydrogen) atoms. The van der Waals surface area contributed by atoms with Crippen molar-refractivity contribution in [3.05, 3.63) is 12.0 Å². The van der Waals surface area contributed by atoms with E-state index >= 15 is 0 Å². The number of nitrogens with zero attached hydrogens (tertiary/aromatic N) is 2. The van der Waals surface area contributed by atoms with Gasteiger partial charge >= 0.3 is 0 Å². The van der Waals surface area contributed by atoms with Crippen LogP contribution in [-0.2, 0) is 21.3 Å². The van der Waals surface area contributed by atoms with Gasteiger partial charge in [0.05, 0.1) is 6.61 Å². The van der Waals surface area contributed by atoms with Crippen molar-refractivity contribution in [2.24, 2.45) is 0 Å². The van der Waals surface area contributed by atoms with E-state index in [1.54, 1.807) is 11.5 Å². The van der Waals surface area contributed by atoms with Crippen molar-refractivity contribution in [1.82, 2.24) is 14.3 Å². The molecule has 0 saturated heterocycles. The Balaban J connectivity index is 2.81. The standard InChI is InChI=1S/C9H17N3O3S/c1-4-12-7-9(11-8(12)2)16(13,14)10-5-6-15-3/h7,10H,4-6H2,1-3H3. The van der Waals surface area contributed by atoms with Gasteiger partial charge in [-0.05, 0) is 13.8 Å². The van der Waals surface area contributed by atoms with Crippen LogP contribution in [0.4, 0.5) is 0 Å². The van der Waals surface area contributed by atoms with E-state index in [1.807, 2.05) is 6.92 Å². The number of methoxy groups -OCH3 is 1. The number of nitrogens with one attached hydrogen (secondary N) is 1. The van der Waals surface area contributed by atoms with E-state index in [-0.39, 0.29) is 11.6 Å². The highest BCUT2D eigenvalue weighted by Gasteiger charge is 2.17. The van der Waals surface area contributed by atoms with Crippen molar-refractivity contribution in [2.75, 3.05) is 20.3 Å². The second-order valence-corrected chi connectivity index (χ2v) is 5.02. The number of ether oxygens (including phenoxy) is 1. The van der Waals surface area contributed by atoms with Gasteiger partial charge in [0, 0.05) is 26.4 Å². The monoisotopic (exact) mass is 247 g/mol. The summed E-state index contributed by atoms with van der Waals surface area (Å²) in [4.78, 5) is 4.00. The van der Waals surface area contributed by atoms with Gasteiger partial charge in [0.2, 0.25) is 0 Å². The predicted molar refractivity (Wildman–Crippen MR) is 59.7 cm³/mol. The third kappa shape index (κ3) is 3.03. The van der Waals surface area contributed by atoms with E-state index in [0.29, 0.717) is 19.0 Å². The summed E-state index contributed by atoms with van der Waals surface area (Å²) in [6.07, 6.45) is 1.53. The molecule has 1 aromatic heterocycles. The minimum absolute atomic E-state index is 0.0583. The highest BCUT2D eigenvalue weighted by Crippen LogP contribution is 2.08. The molecule has 0 aliphatic heterocycles. The Morgan fingerprint density at radius 3 is 2.75 bits per heavy atom. The molecule has 0 aromatic carbocycles. The molecule has 92 valence electrons.